The fraction of sp³-hybridized carbons (Fsp3) is 0.333. The van der Waals surface area contributed by atoms with E-state index in [-0.39, 0.29) is 5.25 Å². The number of hydrogen-bond acceptors (Lipinski definition) is 3. The van der Waals surface area contributed by atoms with Gasteiger partial charge in [0.2, 0.25) is 0 Å². The van der Waals surface area contributed by atoms with E-state index in [4.69, 9.17) is 0 Å². The summed E-state index contributed by atoms with van der Waals surface area (Å²) in [6.45, 7) is 0. The number of nitrogens with zero attached hydrogens (tertiary/aromatic N) is 2. The van der Waals surface area contributed by atoms with Crippen LogP contribution in [0.15, 0.2) is 47.9 Å². The van der Waals surface area contributed by atoms with Crippen molar-refractivity contribution in [3.05, 3.63) is 42.7 Å². The average Bonchev–Trinajstić information content (AvgIpc) is 2.91. The van der Waals surface area contributed by atoms with Gasteiger partial charge in [-0.3, -0.25) is 9.36 Å². The smallest absolute Gasteiger partial charge is 0.173 e. The van der Waals surface area contributed by atoms with Gasteiger partial charge in [-0.2, -0.15) is 0 Å². The highest BCUT2D eigenvalue weighted by atomic mass is 32.2. The molecule has 0 bridgehead atoms. The molecule has 1 atom stereocenters. The van der Waals surface area contributed by atoms with E-state index in [0.717, 1.165) is 36.5 Å². The van der Waals surface area contributed by atoms with Crippen molar-refractivity contribution in [3.63, 3.8) is 0 Å². The van der Waals surface area contributed by atoms with E-state index in [1.807, 2.05) is 29.0 Å². The minimum absolute atomic E-state index is 0.0820. The third-order valence-electron chi connectivity index (χ3n) is 3.39. The minimum Gasteiger partial charge on any atom is -0.298 e. The number of para-hydroxylation sites is 1. The summed E-state index contributed by atoms with van der Waals surface area (Å²) in [5, 5.41) is 0.991. The van der Waals surface area contributed by atoms with E-state index in [1.165, 1.54) is 0 Å². The number of rotatable bonds is 3. The predicted octanol–water partition coefficient (Wildman–Crippen LogP) is 3.48. The van der Waals surface area contributed by atoms with E-state index in [9.17, 15) is 4.79 Å². The molecule has 1 aromatic carbocycles. The van der Waals surface area contributed by atoms with Gasteiger partial charge in [-0.1, -0.05) is 36.4 Å². The molecule has 0 aliphatic heterocycles. The fourth-order valence-corrected chi connectivity index (χ4v) is 3.55. The molecule has 1 aromatic heterocycles. The Bertz CT molecular complexity index is 565. The molecule has 19 heavy (non-hydrogen) atoms. The first-order chi connectivity index (χ1) is 9.34. The van der Waals surface area contributed by atoms with Crippen LogP contribution in [0.25, 0.3) is 5.69 Å². The maximum absolute atomic E-state index is 11.9. The van der Waals surface area contributed by atoms with Crippen LogP contribution in [0, 0.1) is 0 Å². The Morgan fingerprint density at radius 3 is 2.84 bits per heavy atom. The molecule has 1 saturated carbocycles. The Morgan fingerprint density at radius 2 is 2.05 bits per heavy atom. The molecule has 0 amide bonds. The number of hydrogen-bond donors (Lipinski definition) is 0. The average molecular weight is 272 g/mol. The van der Waals surface area contributed by atoms with Gasteiger partial charge in [-0.15, -0.1) is 0 Å². The summed E-state index contributed by atoms with van der Waals surface area (Å²) in [4.78, 5) is 16.3. The second-order valence-electron chi connectivity index (χ2n) is 4.73. The number of aromatic nitrogens is 2. The molecule has 0 radical (unpaired) electrons. The lowest BCUT2D eigenvalue weighted by Crippen LogP contribution is -2.21. The van der Waals surface area contributed by atoms with Gasteiger partial charge < -0.3 is 0 Å². The van der Waals surface area contributed by atoms with Gasteiger partial charge in [0.1, 0.15) is 5.78 Å². The number of carbonyl (C=O) groups excluding carboxylic acids is 1. The maximum Gasteiger partial charge on any atom is 0.173 e. The molecule has 1 aliphatic carbocycles. The second-order valence-corrected chi connectivity index (χ2v) is 5.90. The van der Waals surface area contributed by atoms with Gasteiger partial charge in [0.15, 0.2) is 5.16 Å². The van der Waals surface area contributed by atoms with Crippen molar-refractivity contribution in [1.82, 2.24) is 9.55 Å². The van der Waals surface area contributed by atoms with Crippen LogP contribution >= 0.6 is 11.8 Å². The Balaban J connectivity index is 1.82. The summed E-state index contributed by atoms with van der Waals surface area (Å²) < 4.78 is 2.05. The summed E-state index contributed by atoms with van der Waals surface area (Å²) in [6, 6.07) is 10.1. The second kappa shape index (κ2) is 5.61. The van der Waals surface area contributed by atoms with E-state index in [0.29, 0.717) is 5.78 Å². The molecule has 3 nitrogen and oxygen atoms in total. The molecular weight excluding hydrogens is 256 g/mol. The highest BCUT2D eigenvalue weighted by molar-refractivity contribution is 8.00. The highest BCUT2D eigenvalue weighted by Crippen LogP contribution is 2.31. The molecule has 0 spiro atoms. The zero-order valence-corrected chi connectivity index (χ0v) is 11.5. The standard InChI is InChI=1S/C15H16N2OS/c18-13-8-4-5-9-14(13)19-15-16-10-11-17(15)12-6-2-1-3-7-12/h1-3,6-7,10-11,14H,4-5,8-9H2/t14-/m1/s1. The number of carbonyl (C=O) groups is 1. The molecule has 0 unspecified atom stereocenters. The molecule has 1 aliphatic rings. The van der Waals surface area contributed by atoms with Gasteiger partial charge in [0, 0.05) is 24.5 Å². The number of benzene rings is 1. The van der Waals surface area contributed by atoms with Crippen molar-refractivity contribution in [2.75, 3.05) is 0 Å². The zero-order valence-electron chi connectivity index (χ0n) is 10.7. The lowest BCUT2D eigenvalue weighted by Gasteiger charge is -2.19. The Hall–Kier alpha value is -1.55. The van der Waals surface area contributed by atoms with Crippen LogP contribution in [0.3, 0.4) is 0 Å². The van der Waals surface area contributed by atoms with Crippen molar-refractivity contribution in [3.8, 4) is 5.69 Å². The molecule has 1 heterocycles. The van der Waals surface area contributed by atoms with Crippen molar-refractivity contribution < 1.29 is 4.79 Å². The van der Waals surface area contributed by atoms with Crippen LogP contribution in [0.2, 0.25) is 0 Å². The van der Waals surface area contributed by atoms with Crippen molar-refractivity contribution >= 4 is 17.5 Å². The molecule has 98 valence electrons. The van der Waals surface area contributed by atoms with Gasteiger partial charge >= 0.3 is 0 Å². The molecule has 2 aromatic rings. The quantitative estimate of drug-likeness (QED) is 0.858. The molecule has 1 fully saturated rings. The van der Waals surface area contributed by atoms with Crippen LogP contribution < -0.4 is 0 Å². The monoisotopic (exact) mass is 272 g/mol. The summed E-state index contributed by atoms with van der Waals surface area (Å²) in [5.74, 6) is 0.374. The molecule has 4 heteroatoms. The third kappa shape index (κ3) is 2.73. The summed E-state index contributed by atoms with van der Waals surface area (Å²) >= 11 is 1.60. The third-order valence-corrected chi connectivity index (χ3v) is 4.68. The van der Waals surface area contributed by atoms with E-state index < -0.39 is 0 Å². The van der Waals surface area contributed by atoms with Gasteiger partial charge in [-0.25, -0.2) is 4.98 Å². The van der Waals surface area contributed by atoms with Crippen molar-refractivity contribution in [1.29, 1.82) is 0 Å². The van der Waals surface area contributed by atoms with Crippen LogP contribution in [-0.2, 0) is 4.79 Å². The maximum atomic E-state index is 11.9. The van der Waals surface area contributed by atoms with Gasteiger partial charge in [0.05, 0.1) is 5.25 Å². The topological polar surface area (TPSA) is 34.9 Å². The first kappa shape index (κ1) is 12.5. The SMILES string of the molecule is O=C1CCCC[C@H]1Sc1nccn1-c1ccccc1. The molecule has 3 rings (SSSR count). The first-order valence-electron chi connectivity index (χ1n) is 6.63. The normalized spacial score (nSPS) is 19.6. The highest BCUT2D eigenvalue weighted by Gasteiger charge is 2.24. The van der Waals surface area contributed by atoms with Crippen LogP contribution in [0.5, 0.6) is 0 Å². The van der Waals surface area contributed by atoms with Crippen molar-refractivity contribution in [2.24, 2.45) is 0 Å². The lowest BCUT2D eigenvalue weighted by atomic mass is 9.99. The number of thioether (sulfide) groups is 1. The summed E-state index contributed by atoms with van der Waals surface area (Å²) in [7, 11) is 0. The van der Waals surface area contributed by atoms with Gasteiger partial charge in [0.25, 0.3) is 0 Å². The summed E-state index contributed by atoms with van der Waals surface area (Å²) in [5.41, 5.74) is 1.09. The number of ketones is 1. The number of Topliss-reactive ketones (excluding diaryl/α,β-unsaturated/α-hetero) is 1. The van der Waals surface area contributed by atoms with Crippen LogP contribution in [-0.4, -0.2) is 20.6 Å². The Morgan fingerprint density at radius 1 is 1.21 bits per heavy atom. The Labute approximate surface area is 117 Å². The van der Waals surface area contributed by atoms with E-state index in [2.05, 4.69) is 17.1 Å². The predicted molar refractivity (Wildman–Crippen MR) is 76.7 cm³/mol. The number of imidazole rings is 1. The zero-order chi connectivity index (χ0) is 13.1. The van der Waals surface area contributed by atoms with Crippen molar-refractivity contribution in [2.45, 2.75) is 36.1 Å². The van der Waals surface area contributed by atoms with Crippen LogP contribution in [0.1, 0.15) is 25.7 Å². The van der Waals surface area contributed by atoms with E-state index in [1.54, 1.807) is 18.0 Å². The summed E-state index contributed by atoms with van der Waals surface area (Å²) in [6.07, 6.45) is 7.64. The molecule has 0 saturated heterocycles. The van der Waals surface area contributed by atoms with Gasteiger partial charge in [-0.05, 0) is 25.0 Å². The molecular formula is C15H16N2OS. The minimum atomic E-state index is 0.0820. The largest absolute Gasteiger partial charge is 0.298 e. The van der Waals surface area contributed by atoms with E-state index >= 15 is 0 Å². The first-order valence-corrected chi connectivity index (χ1v) is 7.51. The van der Waals surface area contributed by atoms with Crippen LogP contribution in [0.4, 0.5) is 0 Å². The fourth-order valence-electron chi connectivity index (χ4n) is 2.36. The molecule has 0 N–H and O–H groups in total. The Kier molecular flexibility index (Phi) is 3.69. The lowest BCUT2D eigenvalue weighted by molar-refractivity contribution is -0.119.